The minimum Gasteiger partial charge on any atom is -0.374 e. The van der Waals surface area contributed by atoms with Gasteiger partial charge in [-0.1, -0.05) is 12.1 Å². The fourth-order valence-corrected chi connectivity index (χ4v) is 2.80. The van der Waals surface area contributed by atoms with Crippen molar-refractivity contribution in [1.82, 2.24) is 5.32 Å². The molecule has 0 radical (unpaired) electrons. The molecule has 1 heterocycles. The predicted octanol–water partition coefficient (Wildman–Crippen LogP) is 3.96. The molecule has 20 heavy (non-hydrogen) atoms. The summed E-state index contributed by atoms with van der Waals surface area (Å²) in [6.45, 7) is 4.28. The van der Waals surface area contributed by atoms with Gasteiger partial charge < -0.3 is 10.1 Å². The third-order valence-corrected chi connectivity index (χ3v) is 4.02. The quantitative estimate of drug-likeness (QED) is 0.832. The molecule has 1 unspecified atom stereocenters. The molecule has 1 aromatic carbocycles. The number of halogens is 3. The van der Waals surface area contributed by atoms with E-state index in [9.17, 15) is 13.2 Å². The molecule has 0 spiro atoms. The van der Waals surface area contributed by atoms with E-state index in [2.05, 4.69) is 12.2 Å². The van der Waals surface area contributed by atoms with Gasteiger partial charge in [-0.25, -0.2) is 0 Å². The standard InChI is InChI=1S/C14H18F3NOS/c1-13(7-2-8-19-13)10-18-9-11-3-5-12(6-4-11)20-14(15,16)17/h3-6,18H,2,7-10H2,1H3. The third-order valence-electron chi connectivity index (χ3n) is 3.29. The van der Waals surface area contributed by atoms with Crippen molar-refractivity contribution in [2.24, 2.45) is 0 Å². The molecule has 1 fully saturated rings. The van der Waals surface area contributed by atoms with Gasteiger partial charge in [-0.05, 0) is 49.2 Å². The Labute approximate surface area is 121 Å². The zero-order chi connectivity index (χ0) is 14.6. The number of alkyl halides is 3. The van der Waals surface area contributed by atoms with Crippen LogP contribution in [0.3, 0.4) is 0 Å². The Morgan fingerprint density at radius 2 is 2.00 bits per heavy atom. The van der Waals surface area contributed by atoms with Crippen molar-refractivity contribution in [2.45, 2.75) is 42.3 Å². The molecular weight excluding hydrogens is 287 g/mol. The predicted molar refractivity (Wildman–Crippen MR) is 73.7 cm³/mol. The largest absolute Gasteiger partial charge is 0.446 e. The summed E-state index contributed by atoms with van der Waals surface area (Å²) >= 11 is -0.0874. The number of nitrogens with one attached hydrogen (secondary N) is 1. The number of benzene rings is 1. The molecule has 1 aliphatic rings. The van der Waals surface area contributed by atoms with Gasteiger partial charge >= 0.3 is 5.51 Å². The van der Waals surface area contributed by atoms with Crippen molar-refractivity contribution in [3.63, 3.8) is 0 Å². The second-order valence-electron chi connectivity index (χ2n) is 5.20. The van der Waals surface area contributed by atoms with Crippen molar-refractivity contribution >= 4 is 11.8 Å². The van der Waals surface area contributed by atoms with Gasteiger partial charge in [0, 0.05) is 24.6 Å². The molecule has 1 atom stereocenters. The molecule has 0 saturated carbocycles. The summed E-state index contributed by atoms with van der Waals surface area (Å²) < 4.78 is 42.3. The van der Waals surface area contributed by atoms with Gasteiger partial charge in [0.1, 0.15) is 0 Å². The SMILES string of the molecule is CC1(CNCc2ccc(SC(F)(F)F)cc2)CCCO1. The molecule has 0 aliphatic carbocycles. The second-order valence-corrected chi connectivity index (χ2v) is 6.34. The number of hydrogen-bond acceptors (Lipinski definition) is 3. The number of rotatable bonds is 5. The molecule has 0 aromatic heterocycles. The lowest BCUT2D eigenvalue weighted by Crippen LogP contribution is -2.36. The van der Waals surface area contributed by atoms with Crippen LogP contribution in [0.2, 0.25) is 0 Å². The summed E-state index contributed by atoms with van der Waals surface area (Å²) in [4.78, 5) is 0.215. The highest BCUT2D eigenvalue weighted by Crippen LogP contribution is 2.36. The molecule has 1 aromatic rings. The average molecular weight is 305 g/mol. The molecule has 0 amide bonds. The fraction of sp³-hybridized carbons (Fsp3) is 0.571. The van der Waals surface area contributed by atoms with Crippen LogP contribution in [-0.2, 0) is 11.3 Å². The van der Waals surface area contributed by atoms with Crippen LogP contribution in [0.4, 0.5) is 13.2 Å². The molecule has 1 saturated heterocycles. The molecule has 6 heteroatoms. The van der Waals surface area contributed by atoms with E-state index in [4.69, 9.17) is 4.74 Å². The summed E-state index contributed by atoms with van der Waals surface area (Å²) in [7, 11) is 0. The van der Waals surface area contributed by atoms with Crippen molar-refractivity contribution in [3.05, 3.63) is 29.8 Å². The van der Waals surface area contributed by atoms with E-state index in [0.717, 1.165) is 31.6 Å². The van der Waals surface area contributed by atoms with Crippen molar-refractivity contribution in [2.75, 3.05) is 13.2 Å². The van der Waals surface area contributed by atoms with E-state index in [1.54, 1.807) is 12.1 Å². The molecule has 112 valence electrons. The summed E-state index contributed by atoms with van der Waals surface area (Å²) in [5.41, 5.74) is -3.36. The van der Waals surface area contributed by atoms with Crippen molar-refractivity contribution in [3.8, 4) is 0 Å². The molecule has 1 N–H and O–H groups in total. The lowest BCUT2D eigenvalue weighted by Gasteiger charge is -2.23. The van der Waals surface area contributed by atoms with E-state index < -0.39 is 5.51 Å². The Kier molecular flexibility index (Phi) is 4.99. The smallest absolute Gasteiger partial charge is 0.374 e. The zero-order valence-corrected chi connectivity index (χ0v) is 12.1. The van der Waals surface area contributed by atoms with E-state index >= 15 is 0 Å². The maximum Gasteiger partial charge on any atom is 0.446 e. The molecule has 0 bridgehead atoms. The Morgan fingerprint density at radius 1 is 1.30 bits per heavy atom. The van der Waals surface area contributed by atoms with Crippen LogP contribution in [0, 0.1) is 0 Å². The van der Waals surface area contributed by atoms with E-state index in [1.807, 2.05) is 0 Å². The van der Waals surface area contributed by atoms with Crippen LogP contribution >= 0.6 is 11.8 Å². The minimum atomic E-state index is -4.23. The number of thioether (sulfide) groups is 1. The zero-order valence-electron chi connectivity index (χ0n) is 11.3. The van der Waals surface area contributed by atoms with Crippen LogP contribution < -0.4 is 5.32 Å². The van der Waals surface area contributed by atoms with Crippen molar-refractivity contribution < 1.29 is 17.9 Å². The number of ether oxygens (including phenoxy) is 1. The summed E-state index contributed by atoms with van der Waals surface area (Å²) in [6, 6.07) is 6.45. The first-order chi connectivity index (χ1) is 9.36. The maximum atomic E-state index is 12.2. The van der Waals surface area contributed by atoms with Crippen LogP contribution in [0.1, 0.15) is 25.3 Å². The van der Waals surface area contributed by atoms with Gasteiger partial charge in [0.15, 0.2) is 0 Å². The summed E-state index contributed by atoms with van der Waals surface area (Å²) in [5, 5.41) is 3.30. The van der Waals surface area contributed by atoms with Crippen LogP contribution in [0.15, 0.2) is 29.2 Å². The summed E-state index contributed by atoms with van der Waals surface area (Å²) in [5.74, 6) is 0. The lowest BCUT2D eigenvalue weighted by molar-refractivity contribution is -0.0328. The van der Waals surface area contributed by atoms with Gasteiger partial charge in [-0.2, -0.15) is 13.2 Å². The van der Waals surface area contributed by atoms with Gasteiger partial charge in [0.25, 0.3) is 0 Å². The first kappa shape index (κ1) is 15.7. The monoisotopic (exact) mass is 305 g/mol. The lowest BCUT2D eigenvalue weighted by atomic mass is 10.0. The van der Waals surface area contributed by atoms with Gasteiger partial charge in [-0.15, -0.1) is 0 Å². The highest BCUT2D eigenvalue weighted by molar-refractivity contribution is 8.00. The Balaban J connectivity index is 1.79. The normalized spacial score (nSPS) is 23.2. The minimum absolute atomic E-state index is 0.0874. The van der Waals surface area contributed by atoms with Gasteiger partial charge in [0.05, 0.1) is 5.60 Å². The van der Waals surface area contributed by atoms with E-state index in [1.165, 1.54) is 12.1 Å². The molecule has 2 rings (SSSR count). The highest BCUT2D eigenvalue weighted by Gasteiger charge is 2.29. The number of hydrogen-bond donors (Lipinski definition) is 1. The maximum absolute atomic E-state index is 12.2. The van der Waals surface area contributed by atoms with Gasteiger partial charge in [0.2, 0.25) is 0 Å². The van der Waals surface area contributed by atoms with E-state index in [-0.39, 0.29) is 22.3 Å². The highest BCUT2D eigenvalue weighted by atomic mass is 32.2. The van der Waals surface area contributed by atoms with Gasteiger partial charge in [-0.3, -0.25) is 0 Å². The van der Waals surface area contributed by atoms with Crippen LogP contribution in [0.25, 0.3) is 0 Å². The molecule has 2 nitrogen and oxygen atoms in total. The second kappa shape index (κ2) is 6.37. The first-order valence-electron chi connectivity index (χ1n) is 6.56. The van der Waals surface area contributed by atoms with Crippen LogP contribution in [0.5, 0.6) is 0 Å². The average Bonchev–Trinajstić information content (AvgIpc) is 2.77. The first-order valence-corrected chi connectivity index (χ1v) is 7.37. The Hall–Kier alpha value is -0.720. The topological polar surface area (TPSA) is 21.3 Å². The van der Waals surface area contributed by atoms with Crippen molar-refractivity contribution in [1.29, 1.82) is 0 Å². The van der Waals surface area contributed by atoms with Crippen LogP contribution in [-0.4, -0.2) is 24.3 Å². The molecular formula is C14H18F3NOS. The molecule has 1 aliphatic heterocycles. The Morgan fingerprint density at radius 3 is 2.55 bits per heavy atom. The van der Waals surface area contributed by atoms with E-state index in [0.29, 0.717) is 6.54 Å². The third kappa shape index (κ3) is 5.00. The Bertz CT molecular complexity index is 427. The fourth-order valence-electron chi connectivity index (χ4n) is 2.26. The summed E-state index contributed by atoms with van der Waals surface area (Å²) in [6.07, 6.45) is 2.13.